The molecule has 1 amide bonds. The van der Waals surface area contributed by atoms with Gasteiger partial charge in [0.05, 0.1) is 6.54 Å². The van der Waals surface area contributed by atoms with Crippen molar-refractivity contribution in [3.05, 3.63) is 34.9 Å². The highest BCUT2D eigenvalue weighted by molar-refractivity contribution is 5.78. The fraction of sp³-hybridized carbons (Fsp3) is 0.500. The molecule has 1 N–H and O–H groups in total. The summed E-state index contributed by atoms with van der Waals surface area (Å²) in [5, 5.41) is 3.29. The second-order valence-electron chi connectivity index (χ2n) is 4.97. The fourth-order valence-electron chi connectivity index (χ4n) is 2.22. The van der Waals surface area contributed by atoms with Crippen LogP contribution in [0.5, 0.6) is 0 Å². The van der Waals surface area contributed by atoms with E-state index in [-0.39, 0.29) is 5.91 Å². The van der Waals surface area contributed by atoms with Crippen LogP contribution in [-0.4, -0.2) is 37.0 Å². The smallest absolute Gasteiger partial charge is 0.236 e. The van der Waals surface area contributed by atoms with Crippen molar-refractivity contribution in [1.82, 2.24) is 10.2 Å². The number of carbonyl (C=O) groups is 1. The lowest BCUT2D eigenvalue weighted by Gasteiger charge is -2.30. The Morgan fingerprint density at radius 3 is 2.76 bits per heavy atom. The van der Waals surface area contributed by atoms with E-state index < -0.39 is 0 Å². The van der Waals surface area contributed by atoms with Gasteiger partial charge in [-0.25, -0.2) is 0 Å². The van der Waals surface area contributed by atoms with E-state index in [0.29, 0.717) is 12.6 Å². The molecule has 17 heavy (non-hydrogen) atoms. The summed E-state index contributed by atoms with van der Waals surface area (Å²) in [5.41, 5.74) is 4.01. The number of nitrogens with one attached hydrogen (secondary N) is 1. The summed E-state index contributed by atoms with van der Waals surface area (Å²) in [5.74, 6) is 0.182. The molecule has 0 saturated carbocycles. The molecule has 3 nitrogen and oxygen atoms in total. The van der Waals surface area contributed by atoms with Crippen molar-refractivity contribution in [1.29, 1.82) is 0 Å². The van der Waals surface area contributed by atoms with Gasteiger partial charge in [-0.05, 0) is 37.0 Å². The fourth-order valence-corrected chi connectivity index (χ4v) is 2.22. The first-order chi connectivity index (χ1) is 8.06. The molecular formula is C14H20N2O. The molecule has 0 aliphatic carbocycles. The van der Waals surface area contributed by atoms with E-state index in [2.05, 4.69) is 37.4 Å². The van der Waals surface area contributed by atoms with Gasteiger partial charge in [0.1, 0.15) is 0 Å². The Hall–Kier alpha value is -1.35. The molecule has 0 bridgehead atoms. The Balaban J connectivity index is 2.01. The highest BCUT2D eigenvalue weighted by Gasteiger charge is 2.22. The van der Waals surface area contributed by atoms with Crippen LogP contribution in [0.15, 0.2) is 18.2 Å². The Bertz CT molecular complexity index is 428. The molecule has 1 atom stereocenters. The van der Waals surface area contributed by atoms with Crippen molar-refractivity contribution in [2.24, 2.45) is 0 Å². The number of aryl methyl sites for hydroxylation is 2. The summed E-state index contributed by atoms with van der Waals surface area (Å²) in [4.78, 5) is 13.2. The number of nitrogens with zero attached hydrogens (tertiary/aromatic N) is 1. The third-order valence-electron chi connectivity index (χ3n) is 3.52. The van der Waals surface area contributed by atoms with Crippen LogP contribution < -0.4 is 5.32 Å². The average molecular weight is 232 g/mol. The second-order valence-corrected chi connectivity index (χ2v) is 4.97. The van der Waals surface area contributed by atoms with E-state index >= 15 is 0 Å². The standard InChI is InChI=1S/C14H20N2O/c1-10-4-5-12(6-11(10)2)7-13-9-16(3)14(17)8-15-13/h4-6,13,15H,7-9H2,1-3H3. The number of rotatable bonds is 2. The maximum Gasteiger partial charge on any atom is 0.236 e. The van der Waals surface area contributed by atoms with Crippen molar-refractivity contribution in [3.8, 4) is 0 Å². The maximum absolute atomic E-state index is 11.4. The minimum Gasteiger partial charge on any atom is -0.343 e. The van der Waals surface area contributed by atoms with Gasteiger partial charge in [-0.1, -0.05) is 18.2 Å². The molecule has 1 fully saturated rings. The zero-order valence-corrected chi connectivity index (χ0v) is 10.8. The number of benzene rings is 1. The van der Waals surface area contributed by atoms with E-state index in [9.17, 15) is 4.79 Å². The van der Waals surface area contributed by atoms with Gasteiger partial charge in [-0.2, -0.15) is 0 Å². The van der Waals surface area contributed by atoms with Crippen molar-refractivity contribution in [2.75, 3.05) is 20.1 Å². The maximum atomic E-state index is 11.4. The Morgan fingerprint density at radius 2 is 2.12 bits per heavy atom. The summed E-state index contributed by atoms with van der Waals surface area (Å²) in [7, 11) is 1.87. The predicted molar refractivity (Wildman–Crippen MR) is 69.0 cm³/mol. The number of likely N-dealkylation sites (N-methyl/N-ethyl adjacent to an activating group) is 1. The van der Waals surface area contributed by atoms with Gasteiger partial charge < -0.3 is 10.2 Å². The molecule has 1 heterocycles. The molecular weight excluding hydrogens is 212 g/mol. The minimum atomic E-state index is 0.182. The molecule has 1 saturated heterocycles. The first kappa shape index (κ1) is 12.1. The molecule has 1 aromatic carbocycles. The average Bonchev–Trinajstić information content (AvgIpc) is 2.29. The summed E-state index contributed by atoms with van der Waals surface area (Å²) >= 11 is 0. The van der Waals surface area contributed by atoms with Crippen LogP contribution in [-0.2, 0) is 11.2 Å². The molecule has 2 rings (SSSR count). The largest absolute Gasteiger partial charge is 0.343 e. The van der Waals surface area contributed by atoms with Crippen molar-refractivity contribution in [3.63, 3.8) is 0 Å². The molecule has 3 heteroatoms. The second kappa shape index (κ2) is 4.88. The van der Waals surface area contributed by atoms with Crippen LogP contribution >= 0.6 is 0 Å². The van der Waals surface area contributed by atoms with Gasteiger partial charge in [0, 0.05) is 19.6 Å². The molecule has 0 spiro atoms. The normalized spacial score (nSPS) is 20.8. The third kappa shape index (κ3) is 2.86. The molecule has 92 valence electrons. The van der Waals surface area contributed by atoms with Crippen LogP contribution in [0.25, 0.3) is 0 Å². The molecule has 1 aromatic rings. The highest BCUT2D eigenvalue weighted by atomic mass is 16.2. The molecule has 0 aromatic heterocycles. The summed E-state index contributed by atoms with van der Waals surface area (Å²) in [6, 6.07) is 6.97. The number of piperazine rings is 1. The van der Waals surface area contributed by atoms with Gasteiger partial charge >= 0.3 is 0 Å². The van der Waals surface area contributed by atoms with E-state index in [4.69, 9.17) is 0 Å². The molecule has 1 aliphatic rings. The summed E-state index contributed by atoms with van der Waals surface area (Å²) < 4.78 is 0. The van der Waals surface area contributed by atoms with Gasteiger partial charge in [-0.15, -0.1) is 0 Å². The van der Waals surface area contributed by atoms with E-state index in [1.165, 1.54) is 16.7 Å². The highest BCUT2D eigenvalue weighted by Crippen LogP contribution is 2.12. The first-order valence-electron chi connectivity index (χ1n) is 6.10. The lowest BCUT2D eigenvalue weighted by Crippen LogP contribution is -2.53. The Labute approximate surface area is 103 Å². The zero-order chi connectivity index (χ0) is 12.4. The van der Waals surface area contributed by atoms with E-state index in [1.807, 2.05) is 11.9 Å². The zero-order valence-electron chi connectivity index (χ0n) is 10.8. The van der Waals surface area contributed by atoms with Gasteiger partial charge in [0.15, 0.2) is 0 Å². The number of amides is 1. The van der Waals surface area contributed by atoms with Crippen molar-refractivity contribution in [2.45, 2.75) is 26.3 Å². The predicted octanol–water partition coefficient (Wildman–Crippen LogP) is 1.28. The number of carbonyl (C=O) groups excluding carboxylic acids is 1. The van der Waals surface area contributed by atoms with E-state index in [0.717, 1.165) is 13.0 Å². The Kier molecular flexibility index (Phi) is 3.48. The monoisotopic (exact) mass is 232 g/mol. The summed E-state index contributed by atoms with van der Waals surface area (Å²) in [6.07, 6.45) is 0.985. The lowest BCUT2D eigenvalue weighted by atomic mass is 10.00. The topological polar surface area (TPSA) is 32.3 Å². The van der Waals surface area contributed by atoms with Crippen LogP contribution in [0.1, 0.15) is 16.7 Å². The van der Waals surface area contributed by atoms with Crippen LogP contribution in [0.3, 0.4) is 0 Å². The van der Waals surface area contributed by atoms with Gasteiger partial charge in [0.25, 0.3) is 0 Å². The van der Waals surface area contributed by atoms with Crippen LogP contribution in [0.2, 0.25) is 0 Å². The third-order valence-corrected chi connectivity index (χ3v) is 3.52. The van der Waals surface area contributed by atoms with Crippen molar-refractivity contribution >= 4 is 5.91 Å². The van der Waals surface area contributed by atoms with E-state index in [1.54, 1.807) is 0 Å². The molecule has 1 aliphatic heterocycles. The quantitative estimate of drug-likeness (QED) is 0.833. The van der Waals surface area contributed by atoms with Crippen molar-refractivity contribution < 1.29 is 4.79 Å². The lowest BCUT2D eigenvalue weighted by molar-refractivity contribution is -0.131. The Morgan fingerprint density at radius 1 is 1.35 bits per heavy atom. The minimum absolute atomic E-state index is 0.182. The van der Waals surface area contributed by atoms with Gasteiger partial charge in [-0.3, -0.25) is 4.79 Å². The van der Waals surface area contributed by atoms with Crippen LogP contribution in [0.4, 0.5) is 0 Å². The molecule has 0 radical (unpaired) electrons. The number of hydrogen-bond donors (Lipinski definition) is 1. The van der Waals surface area contributed by atoms with Crippen LogP contribution in [0, 0.1) is 13.8 Å². The SMILES string of the molecule is Cc1ccc(CC2CN(C)C(=O)CN2)cc1C. The molecule has 1 unspecified atom stereocenters. The first-order valence-corrected chi connectivity index (χ1v) is 6.10. The summed E-state index contributed by atoms with van der Waals surface area (Å²) in [6.45, 7) is 5.53. The van der Waals surface area contributed by atoms with Gasteiger partial charge in [0.2, 0.25) is 5.91 Å². The number of hydrogen-bond acceptors (Lipinski definition) is 2.